The van der Waals surface area contributed by atoms with Crippen LogP contribution in [0.1, 0.15) is 44.2 Å². The Hall–Kier alpha value is -0.380. The molecular formula is C14H24N2S. The average molecular weight is 252 g/mol. The van der Waals surface area contributed by atoms with Gasteiger partial charge >= 0.3 is 0 Å². The number of fused-ring (bicyclic) bond motifs is 1. The summed E-state index contributed by atoms with van der Waals surface area (Å²) in [7, 11) is 0. The molecule has 0 radical (unpaired) electrons. The summed E-state index contributed by atoms with van der Waals surface area (Å²) in [5.74, 6) is 0. The molecule has 3 heteroatoms. The number of hydrogen-bond acceptors (Lipinski definition) is 3. The van der Waals surface area contributed by atoms with Gasteiger partial charge in [-0.1, -0.05) is 20.8 Å². The smallest absolute Gasteiger partial charge is 0.0334 e. The third kappa shape index (κ3) is 2.42. The summed E-state index contributed by atoms with van der Waals surface area (Å²) >= 11 is 1.90. The van der Waals surface area contributed by atoms with Crippen molar-refractivity contribution >= 4 is 11.3 Å². The van der Waals surface area contributed by atoms with Crippen molar-refractivity contribution in [1.29, 1.82) is 0 Å². The molecule has 0 aliphatic carbocycles. The molecule has 0 aromatic carbocycles. The number of rotatable bonds is 2. The van der Waals surface area contributed by atoms with Crippen LogP contribution in [0.4, 0.5) is 0 Å². The number of hydrogen-bond donors (Lipinski definition) is 1. The monoisotopic (exact) mass is 252 g/mol. The van der Waals surface area contributed by atoms with Gasteiger partial charge in [0.15, 0.2) is 0 Å². The van der Waals surface area contributed by atoms with Crippen LogP contribution in [-0.2, 0) is 6.42 Å². The third-order valence-electron chi connectivity index (χ3n) is 3.95. The minimum atomic E-state index is 0.247. The van der Waals surface area contributed by atoms with Crippen molar-refractivity contribution in [1.82, 2.24) is 4.90 Å². The highest BCUT2D eigenvalue weighted by molar-refractivity contribution is 7.10. The zero-order valence-electron chi connectivity index (χ0n) is 11.4. The van der Waals surface area contributed by atoms with Gasteiger partial charge in [0.1, 0.15) is 0 Å². The van der Waals surface area contributed by atoms with E-state index in [0.717, 1.165) is 13.1 Å². The van der Waals surface area contributed by atoms with Gasteiger partial charge in [-0.25, -0.2) is 0 Å². The Morgan fingerprint density at radius 1 is 1.53 bits per heavy atom. The second-order valence-electron chi connectivity index (χ2n) is 6.08. The van der Waals surface area contributed by atoms with Gasteiger partial charge in [-0.2, -0.15) is 0 Å². The summed E-state index contributed by atoms with van der Waals surface area (Å²) < 4.78 is 0. The molecule has 0 bridgehead atoms. The highest BCUT2D eigenvalue weighted by atomic mass is 32.1. The van der Waals surface area contributed by atoms with Crippen molar-refractivity contribution in [3.63, 3.8) is 0 Å². The fourth-order valence-electron chi connectivity index (χ4n) is 2.94. The van der Waals surface area contributed by atoms with Gasteiger partial charge in [0, 0.05) is 30.1 Å². The van der Waals surface area contributed by atoms with Crippen LogP contribution in [0, 0.1) is 5.41 Å². The molecule has 1 aliphatic heterocycles. The first-order valence-electron chi connectivity index (χ1n) is 6.47. The van der Waals surface area contributed by atoms with Gasteiger partial charge in [0.2, 0.25) is 0 Å². The highest BCUT2D eigenvalue weighted by Crippen LogP contribution is 2.37. The van der Waals surface area contributed by atoms with Crippen LogP contribution in [0.5, 0.6) is 0 Å². The second-order valence-corrected chi connectivity index (χ2v) is 7.08. The topological polar surface area (TPSA) is 29.3 Å². The molecule has 0 fully saturated rings. The molecule has 2 nitrogen and oxygen atoms in total. The van der Waals surface area contributed by atoms with Gasteiger partial charge in [0.25, 0.3) is 0 Å². The lowest BCUT2D eigenvalue weighted by molar-refractivity contribution is 0.0636. The molecule has 0 saturated carbocycles. The molecule has 2 heterocycles. The maximum absolute atomic E-state index is 6.01. The Morgan fingerprint density at radius 2 is 2.24 bits per heavy atom. The van der Waals surface area contributed by atoms with Gasteiger partial charge in [-0.05, 0) is 35.8 Å². The van der Waals surface area contributed by atoms with Gasteiger partial charge in [0.05, 0.1) is 0 Å². The van der Waals surface area contributed by atoms with Crippen molar-refractivity contribution in [2.24, 2.45) is 11.1 Å². The summed E-state index contributed by atoms with van der Waals surface area (Å²) in [5, 5.41) is 2.22. The molecule has 1 aromatic rings. The maximum Gasteiger partial charge on any atom is 0.0334 e. The molecule has 0 amide bonds. The van der Waals surface area contributed by atoms with E-state index in [2.05, 4.69) is 44.0 Å². The Labute approximate surface area is 109 Å². The lowest BCUT2D eigenvalue weighted by Crippen LogP contribution is -2.51. The summed E-state index contributed by atoms with van der Waals surface area (Å²) in [6.45, 7) is 11.1. The van der Waals surface area contributed by atoms with Crippen LogP contribution >= 0.6 is 11.3 Å². The van der Waals surface area contributed by atoms with Crippen molar-refractivity contribution < 1.29 is 0 Å². The highest BCUT2D eigenvalue weighted by Gasteiger charge is 2.35. The molecule has 1 aliphatic rings. The van der Waals surface area contributed by atoms with Crippen molar-refractivity contribution in [2.75, 3.05) is 13.1 Å². The first-order chi connectivity index (χ1) is 7.95. The van der Waals surface area contributed by atoms with Gasteiger partial charge in [-0.3, -0.25) is 4.90 Å². The summed E-state index contributed by atoms with van der Waals surface area (Å²) in [4.78, 5) is 4.16. The molecule has 2 rings (SSSR count). The SMILES string of the molecule is CC1c2ccsc2CCN1C(CN)C(C)(C)C. The van der Waals surface area contributed by atoms with E-state index in [9.17, 15) is 0 Å². The number of thiophene rings is 1. The van der Waals surface area contributed by atoms with E-state index in [1.54, 1.807) is 4.88 Å². The molecule has 2 unspecified atom stereocenters. The van der Waals surface area contributed by atoms with Crippen LogP contribution in [0.15, 0.2) is 11.4 Å². The van der Waals surface area contributed by atoms with Gasteiger partial charge < -0.3 is 5.73 Å². The molecular weight excluding hydrogens is 228 g/mol. The van der Waals surface area contributed by atoms with Crippen LogP contribution in [0.2, 0.25) is 0 Å². The number of nitrogens with two attached hydrogens (primary N) is 1. The maximum atomic E-state index is 6.01. The van der Waals surface area contributed by atoms with E-state index in [-0.39, 0.29) is 5.41 Å². The number of nitrogens with zero attached hydrogens (tertiary/aromatic N) is 1. The zero-order chi connectivity index (χ0) is 12.6. The van der Waals surface area contributed by atoms with E-state index in [1.807, 2.05) is 11.3 Å². The van der Waals surface area contributed by atoms with E-state index in [0.29, 0.717) is 12.1 Å². The first-order valence-corrected chi connectivity index (χ1v) is 7.35. The van der Waals surface area contributed by atoms with Crippen LogP contribution in [-0.4, -0.2) is 24.0 Å². The van der Waals surface area contributed by atoms with Gasteiger partial charge in [-0.15, -0.1) is 11.3 Å². The van der Waals surface area contributed by atoms with E-state index < -0.39 is 0 Å². The summed E-state index contributed by atoms with van der Waals surface area (Å²) in [5.41, 5.74) is 7.77. The lowest BCUT2D eigenvalue weighted by atomic mass is 9.83. The molecule has 0 spiro atoms. The average Bonchev–Trinajstić information content (AvgIpc) is 2.69. The fraction of sp³-hybridized carbons (Fsp3) is 0.714. The normalized spacial score (nSPS) is 23.5. The largest absolute Gasteiger partial charge is 0.329 e. The first kappa shape index (κ1) is 13.1. The van der Waals surface area contributed by atoms with Crippen molar-refractivity contribution in [3.05, 3.63) is 21.9 Å². The minimum absolute atomic E-state index is 0.247. The zero-order valence-corrected chi connectivity index (χ0v) is 12.2. The van der Waals surface area contributed by atoms with E-state index in [1.165, 1.54) is 12.0 Å². The molecule has 1 aromatic heterocycles. The summed E-state index contributed by atoms with van der Waals surface area (Å²) in [6, 6.07) is 3.26. The van der Waals surface area contributed by atoms with Crippen LogP contribution < -0.4 is 5.73 Å². The van der Waals surface area contributed by atoms with Crippen molar-refractivity contribution in [2.45, 2.75) is 46.2 Å². The standard InChI is InChI=1S/C14H24N2S/c1-10-11-6-8-17-12(11)5-7-16(10)13(9-15)14(2,3)4/h6,8,10,13H,5,7,9,15H2,1-4H3. The van der Waals surface area contributed by atoms with Crippen LogP contribution in [0.25, 0.3) is 0 Å². The Kier molecular flexibility index (Phi) is 3.62. The molecule has 17 heavy (non-hydrogen) atoms. The Bertz CT molecular complexity index is 378. The predicted molar refractivity (Wildman–Crippen MR) is 75.4 cm³/mol. The molecule has 2 N–H and O–H groups in total. The Balaban J connectivity index is 2.24. The summed E-state index contributed by atoms with van der Waals surface area (Å²) in [6.07, 6.45) is 1.18. The molecule has 96 valence electrons. The Morgan fingerprint density at radius 3 is 2.82 bits per heavy atom. The second kappa shape index (κ2) is 4.71. The predicted octanol–water partition coefficient (Wildman–Crippen LogP) is 3.04. The molecule has 0 saturated heterocycles. The minimum Gasteiger partial charge on any atom is -0.329 e. The quantitative estimate of drug-likeness (QED) is 0.876. The van der Waals surface area contributed by atoms with E-state index >= 15 is 0 Å². The molecule has 2 atom stereocenters. The van der Waals surface area contributed by atoms with Crippen molar-refractivity contribution in [3.8, 4) is 0 Å². The third-order valence-corrected chi connectivity index (χ3v) is 4.94. The fourth-order valence-corrected chi connectivity index (χ4v) is 3.90. The van der Waals surface area contributed by atoms with E-state index in [4.69, 9.17) is 5.73 Å². The lowest BCUT2D eigenvalue weighted by Gasteiger charge is -2.45. The van der Waals surface area contributed by atoms with Crippen LogP contribution in [0.3, 0.4) is 0 Å².